The van der Waals surface area contributed by atoms with E-state index in [0.29, 0.717) is 27.7 Å². The molecule has 0 fully saturated rings. The normalized spacial score (nSPS) is 10.3. The number of carbonyl (C=O) groups is 1. The summed E-state index contributed by atoms with van der Waals surface area (Å²) in [6.07, 6.45) is 1.05. The number of nitrogens with one attached hydrogen (secondary N) is 2. The van der Waals surface area contributed by atoms with Gasteiger partial charge in [-0.2, -0.15) is 4.98 Å². The van der Waals surface area contributed by atoms with Gasteiger partial charge in [-0.25, -0.2) is 14.2 Å². The zero-order valence-corrected chi connectivity index (χ0v) is 15.7. The number of halogens is 2. The van der Waals surface area contributed by atoms with Crippen LogP contribution in [0.4, 0.5) is 27.5 Å². The largest absolute Gasteiger partial charge is 0.495 e. The van der Waals surface area contributed by atoms with E-state index in [1.165, 1.54) is 14.2 Å². The first-order chi connectivity index (χ1) is 13.5. The first kappa shape index (κ1) is 19.4. The van der Waals surface area contributed by atoms with Crippen LogP contribution in [0.2, 0.25) is 5.02 Å². The minimum absolute atomic E-state index is 0.0232. The maximum absolute atomic E-state index is 14.1. The van der Waals surface area contributed by atoms with Crippen molar-refractivity contribution in [1.29, 1.82) is 0 Å². The summed E-state index contributed by atoms with van der Waals surface area (Å²) >= 11 is 6.08. The van der Waals surface area contributed by atoms with Crippen molar-refractivity contribution in [1.82, 2.24) is 9.97 Å². The summed E-state index contributed by atoms with van der Waals surface area (Å²) in [5.74, 6) is -0.403. The van der Waals surface area contributed by atoms with Crippen molar-refractivity contribution in [2.45, 2.75) is 0 Å². The van der Waals surface area contributed by atoms with Crippen molar-refractivity contribution in [3.63, 3.8) is 0 Å². The summed E-state index contributed by atoms with van der Waals surface area (Å²) in [7, 11) is 2.82. The molecular formula is C19H16ClFN4O3. The molecule has 28 heavy (non-hydrogen) atoms. The maximum atomic E-state index is 14.1. The first-order valence-corrected chi connectivity index (χ1v) is 8.46. The molecule has 0 aliphatic carbocycles. The van der Waals surface area contributed by atoms with E-state index in [9.17, 15) is 9.18 Å². The summed E-state index contributed by atoms with van der Waals surface area (Å²) in [5, 5.41) is 6.18. The Morgan fingerprint density at radius 3 is 2.43 bits per heavy atom. The Balaban J connectivity index is 1.77. The van der Waals surface area contributed by atoms with Crippen LogP contribution in [-0.4, -0.2) is 30.2 Å². The highest BCUT2D eigenvalue weighted by Gasteiger charge is 2.10. The quantitative estimate of drug-likeness (QED) is 0.585. The molecule has 0 spiro atoms. The Kier molecular flexibility index (Phi) is 5.90. The minimum atomic E-state index is -0.626. The Labute approximate surface area is 165 Å². The van der Waals surface area contributed by atoms with Crippen molar-refractivity contribution >= 4 is 40.7 Å². The van der Waals surface area contributed by atoms with E-state index < -0.39 is 11.8 Å². The second-order valence-electron chi connectivity index (χ2n) is 5.56. The third kappa shape index (κ3) is 4.47. The number of ether oxygens (including phenoxy) is 2. The number of nitrogens with zero attached hydrogens (tertiary/aromatic N) is 2. The predicted octanol–water partition coefficient (Wildman–Crippen LogP) is 4.55. The van der Waals surface area contributed by atoms with E-state index in [1.807, 2.05) is 0 Å². The van der Waals surface area contributed by atoms with E-state index in [2.05, 4.69) is 25.3 Å². The average Bonchev–Trinajstić information content (AvgIpc) is 2.70. The van der Waals surface area contributed by atoms with Crippen LogP contribution < -0.4 is 15.4 Å². The molecule has 0 saturated carbocycles. The summed E-state index contributed by atoms with van der Waals surface area (Å²) in [6, 6.07) is 11.5. The Hall–Kier alpha value is -3.39. The SMILES string of the molecule is COC(=O)c1ccc(Nc2ncc(F)c(Nc3ccc(OC)c(Cl)c3)n2)cc1. The molecule has 0 amide bonds. The standard InChI is InChI=1S/C19H16ClFN4O3/c1-27-16-8-7-13(9-14(16)20)23-17-15(21)10-22-19(25-17)24-12-5-3-11(4-6-12)18(26)28-2/h3-10H,1-2H3,(H2,22,23,24,25). The number of hydrogen-bond donors (Lipinski definition) is 2. The van der Waals surface area contributed by atoms with Gasteiger partial charge in [-0.15, -0.1) is 0 Å². The van der Waals surface area contributed by atoms with Gasteiger partial charge < -0.3 is 20.1 Å². The van der Waals surface area contributed by atoms with Crippen LogP contribution in [0.5, 0.6) is 5.75 Å². The number of rotatable bonds is 6. The van der Waals surface area contributed by atoms with E-state index in [4.69, 9.17) is 16.3 Å². The molecule has 0 radical (unpaired) electrons. The van der Waals surface area contributed by atoms with Gasteiger partial charge in [-0.3, -0.25) is 0 Å². The molecule has 0 aliphatic rings. The van der Waals surface area contributed by atoms with Gasteiger partial charge in [0, 0.05) is 11.4 Å². The molecular weight excluding hydrogens is 387 g/mol. The Morgan fingerprint density at radius 2 is 1.79 bits per heavy atom. The number of aromatic nitrogens is 2. The lowest BCUT2D eigenvalue weighted by atomic mass is 10.2. The van der Waals surface area contributed by atoms with Gasteiger partial charge in [-0.1, -0.05) is 11.6 Å². The van der Waals surface area contributed by atoms with Crippen molar-refractivity contribution in [2.24, 2.45) is 0 Å². The predicted molar refractivity (Wildman–Crippen MR) is 104 cm³/mol. The van der Waals surface area contributed by atoms with E-state index in [0.717, 1.165) is 6.20 Å². The molecule has 1 heterocycles. The molecule has 0 bridgehead atoms. The van der Waals surface area contributed by atoms with Gasteiger partial charge in [-0.05, 0) is 42.5 Å². The summed E-state index contributed by atoms with van der Waals surface area (Å²) in [5.41, 5.74) is 1.57. The van der Waals surface area contributed by atoms with Gasteiger partial charge in [0.15, 0.2) is 11.6 Å². The lowest BCUT2D eigenvalue weighted by Crippen LogP contribution is -2.04. The molecule has 2 aromatic carbocycles. The number of hydrogen-bond acceptors (Lipinski definition) is 7. The van der Waals surface area contributed by atoms with Crippen molar-refractivity contribution in [3.05, 3.63) is 65.1 Å². The van der Waals surface area contributed by atoms with Gasteiger partial charge in [0.1, 0.15) is 5.75 Å². The number of anilines is 4. The molecule has 3 aromatic rings. The van der Waals surface area contributed by atoms with Crippen molar-refractivity contribution in [3.8, 4) is 5.75 Å². The van der Waals surface area contributed by atoms with Crippen molar-refractivity contribution < 1.29 is 18.7 Å². The van der Waals surface area contributed by atoms with Gasteiger partial charge in [0.2, 0.25) is 5.95 Å². The fourth-order valence-corrected chi connectivity index (χ4v) is 2.59. The van der Waals surface area contributed by atoms with Gasteiger partial charge in [0.05, 0.1) is 31.0 Å². The highest BCUT2D eigenvalue weighted by molar-refractivity contribution is 6.32. The van der Waals surface area contributed by atoms with Crippen LogP contribution in [0.25, 0.3) is 0 Å². The molecule has 144 valence electrons. The van der Waals surface area contributed by atoms with E-state index >= 15 is 0 Å². The minimum Gasteiger partial charge on any atom is -0.495 e. The smallest absolute Gasteiger partial charge is 0.337 e. The van der Waals surface area contributed by atoms with Crippen LogP contribution in [-0.2, 0) is 4.74 Å². The summed E-state index contributed by atoms with van der Waals surface area (Å²) in [4.78, 5) is 19.5. The lowest BCUT2D eigenvalue weighted by Gasteiger charge is -2.11. The molecule has 1 aromatic heterocycles. The Bertz CT molecular complexity index is 999. The van der Waals surface area contributed by atoms with Crippen LogP contribution in [0.15, 0.2) is 48.7 Å². The molecule has 0 unspecified atom stereocenters. The average molecular weight is 403 g/mol. The van der Waals surface area contributed by atoms with Crippen LogP contribution in [0.3, 0.4) is 0 Å². The topological polar surface area (TPSA) is 85.4 Å². The fraction of sp³-hybridized carbons (Fsp3) is 0.105. The Morgan fingerprint density at radius 1 is 1.07 bits per heavy atom. The van der Waals surface area contributed by atoms with Crippen molar-refractivity contribution in [2.75, 3.05) is 24.9 Å². The monoisotopic (exact) mass is 402 g/mol. The maximum Gasteiger partial charge on any atom is 0.337 e. The summed E-state index contributed by atoms with van der Waals surface area (Å²) < 4.78 is 23.8. The molecule has 0 saturated heterocycles. The molecule has 0 aliphatic heterocycles. The number of esters is 1. The third-order valence-corrected chi connectivity index (χ3v) is 4.02. The molecule has 7 nitrogen and oxygen atoms in total. The highest BCUT2D eigenvalue weighted by atomic mass is 35.5. The fourth-order valence-electron chi connectivity index (χ4n) is 2.33. The second-order valence-corrected chi connectivity index (χ2v) is 5.97. The molecule has 0 atom stereocenters. The summed E-state index contributed by atoms with van der Waals surface area (Å²) in [6.45, 7) is 0. The zero-order valence-electron chi connectivity index (χ0n) is 15.0. The van der Waals surface area contributed by atoms with Gasteiger partial charge >= 0.3 is 5.97 Å². The van der Waals surface area contributed by atoms with E-state index in [-0.39, 0.29) is 11.8 Å². The van der Waals surface area contributed by atoms with Gasteiger partial charge in [0.25, 0.3) is 0 Å². The van der Waals surface area contributed by atoms with Crippen LogP contribution >= 0.6 is 11.6 Å². The molecule has 9 heteroatoms. The number of benzene rings is 2. The molecule has 3 rings (SSSR count). The van der Waals surface area contributed by atoms with Crippen LogP contribution in [0.1, 0.15) is 10.4 Å². The van der Waals surface area contributed by atoms with E-state index in [1.54, 1.807) is 42.5 Å². The highest BCUT2D eigenvalue weighted by Crippen LogP contribution is 2.29. The zero-order chi connectivity index (χ0) is 20.1. The first-order valence-electron chi connectivity index (χ1n) is 8.08. The molecule has 2 N–H and O–H groups in total. The lowest BCUT2D eigenvalue weighted by molar-refractivity contribution is 0.0601. The second kappa shape index (κ2) is 8.53. The van der Waals surface area contributed by atoms with Crippen LogP contribution in [0, 0.1) is 5.82 Å². The number of carbonyl (C=O) groups excluding carboxylic acids is 1. The third-order valence-electron chi connectivity index (χ3n) is 3.72. The number of methoxy groups -OCH3 is 2.